The lowest BCUT2D eigenvalue weighted by atomic mass is 10.1. The van der Waals surface area contributed by atoms with Crippen molar-refractivity contribution >= 4 is 27.5 Å². The molecule has 4 aromatic rings. The van der Waals surface area contributed by atoms with Crippen molar-refractivity contribution in [3.63, 3.8) is 0 Å². The average Bonchev–Trinajstić information content (AvgIpc) is 3.03. The summed E-state index contributed by atoms with van der Waals surface area (Å²) >= 11 is 0. The first-order valence-corrected chi connectivity index (χ1v) is 16.0. The van der Waals surface area contributed by atoms with Crippen molar-refractivity contribution in [2.75, 3.05) is 18.0 Å². The van der Waals surface area contributed by atoms with Gasteiger partial charge in [-0.1, -0.05) is 48.5 Å². The van der Waals surface area contributed by atoms with Crippen molar-refractivity contribution in [1.82, 2.24) is 10.2 Å². The molecule has 0 aliphatic carbocycles. The predicted molar refractivity (Wildman–Crippen MR) is 175 cm³/mol. The normalized spacial score (nSPS) is 12.1. The minimum atomic E-state index is -4.18. The van der Waals surface area contributed by atoms with Crippen molar-refractivity contribution in [3.05, 3.63) is 115 Å². The van der Waals surface area contributed by atoms with Crippen LogP contribution in [0.1, 0.15) is 33.3 Å². The van der Waals surface area contributed by atoms with E-state index in [1.165, 1.54) is 17.0 Å². The maximum absolute atomic E-state index is 14.1. The summed E-state index contributed by atoms with van der Waals surface area (Å²) in [5.41, 5.74) is 0.482. The molecule has 1 N–H and O–H groups in total. The number of ether oxygens (including phenoxy) is 2. The molecule has 0 heterocycles. The summed E-state index contributed by atoms with van der Waals surface area (Å²) in [5, 5.41) is 2.93. The molecule has 0 bridgehead atoms. The topological polar surface area (TPSA) is 105 Å². The Hall–Kier alpha value is -4.83. The SMILES string of the molecule is COc1ccc(CN(C(=O)CN(c2ccc(Oc3ccccc3)cc2)S(=O)(=O)c2ccccc2)[C@@H](C)C(=O)NC(C)(C)C)cc1. The van der Waals surface area contributed by atoms with Gasteiger partial charge < -0.3 is 19.7 Å². The summed E-state index contributed by atoms with van der Waals surface area (Å²) in [6.07, 6.45) is 0. The Morgan fingerprint density at radius 1 is 0.778 bits per heavy atom. The third-order valence-corrected chi connectivity index (χ3v) is 8.68. The van der Waals surface area contributed by atoms with Gasteiger partial charge in [0.05, 0.1) is 17.7 Å². The molecule has 1 atom stereocenters. The summed E-state index contributed by atoms with van der Waals surface area (Å²) in [6, 6.07) is 29.9. The molecule has 0 aliphatic rings. The van der Waals surface area contributed by atoms with E-state index in [2.05, 4.69) is 5.32 Å². The third kappa shape index (κ3) is 8.86. The zero-order valence-corrected chi connectivity index (χ0v) is 27.0. The lowest BCUT2D eigenvalue weighted by Crippen LogP contribution is -2.54. The first kappa shape index (κ1) is 33.1. The molecule has 0 saturated carbocycles. The molecule has 4 aromatic carbocycles. The van der Waals surface area contributed by atoms with Gasteiger partial charge >= 0.3 is 0 Å². The van der Waals surface area contributed by atoms with Crippen LogP contribution in [0.3, 0.4) is 0 Å². The molecule has 0 aliphatic heterocycles. The Morgan fingerprint density at radius 2 is 1.31 bits per heavy atom. The molecule has 45 heavy (non-hydrogen) atoms. The van der Waals surface area contributed by atoms with Crippen LogP contribution in [0.5, 0.6) is 17.2 Å². The molecule has 236 valence electrons. The number of carbonyl (C=O) groups is 2. The molecule has 0 fully saturated rings. The molecule has 9 nitrogen and oxygen atoms in total. The molecule has 0 radical (unpaired) electrons. The van der Waals surface area contributed by atoms with Crippen LogP contribution in [-0.4, -0.2) is 50.4 Å². The van der Waals surface area contributed by atoms with Gasteiger partial charge in [-0.3, -0.25) is 13.9 Å². The van der Waals surface area contributed by atoms with Crippen molar-refractivity contribution < 1.29 is 27.5 Å². The maximum atomic E-state index is 14.1. The summed E-state index contributed by atoms with van der Waals surface area (Å²) in [5.74, 6) is 0.874. The number of sulfonamides is 1. The maximum Gasteiger partial charge on any atom is 0.264 e. The number of hydrogen-bond acceptors (Lipinski definition) is 6. The third-order valence-electron chi connectivity index (χ3n) is 6.89. The molecule has 0 aromatic heterocycles. The summed E-state index contributed by atoms with van der Waals surface area (Å²) in [6.45, 7) is 6.73. The van der Waals surface area contributed by atoms with Gasteiger partial charge in [0, 0.05) is 12.1 Å². The van der Waals surface area contributed by atoms with E-state index in [0.717, 1.165) is 9.87 Å². The second kappa shape index (κ2) is 14.3. The lowest BCUT2D eigenvalue weighted by Gasteiger charge is -2.33. The molecular formula is C35H39N3O6S. The lowest BCUT2D eigenvalue weighted by molar-refractivity contribution is -0.140. The van der Waals surface area contributed by atoms with E-state index < -0.39 is 34.1 Å². The Morgan fingerprint density at radius 3 is 1.87 bits per heavy atom. The number of nitrogens with zero attached hydrogens (tertiary/aromatic N) is 2. The van der Waals surface area contributed by atoms with Crippen LogP contribution in [-0.2, 0) is 26.2 Å². The number of para-hydroxylation sites is 1. The second-order valence-electron chi connectivity index (χ2n) is 11.5. The standard InChI is InChI=1S/C35H39N3O6S/c1-26(34(40)36-35(2,3)4)37(24-27-16-20-29(43-5)21-17-27)33(39)25-38(45(41,42)32-14-10-7-11-15-32)28-18-22-31(23-19-28)44-30-12-8-6-9-13-30/h6-23,26H,24-25H2,1-5H3,(H,36,40)/t26-/m0/s1. The number of carbonyl (C=O) groups excluding carboxylic acids is 2. The van der Waals surface area contributed by atoms with Crippen LogP contribution in [0.2, 0.25) is 0 Å². The van der Waals surface area contributed by atoms with Gasteiger partial charge in [0.1, 0.15) is 29.8 Å². The molecule has 10 heteroatoms. The van der Waals surface area contributed by atoms with Gasteiger partial charge in [-0.15, -0.1) is 0 Å². The summed E-state index contributed by atoms with van der Waals surface area (Å²) < 4.78 is 40.2. The number of amides is 2. The van der Waals surface area contributed by atoms with Crippen LogP contribution in [0.25, 0.3) is 0 Å². The Kier molecular flexibility index (Phi) is 10.5. The number of methoxy groups -OCH3 is 1. The zero-order chi connectivity index (χ0) is 32.6. The summed E-state index contributed by atoms with van der Waals surface area (Å²) in [4.78, 5) is 28.9. The summed E-state index contributed by atoms with van der Waals surface area (Å²) in [7, 11) is -2.62. The predicted octanol–water partition coefficient (Wildman–Crippen LogP) is 6.01. The quantitative estimate of drug-likeness (QED) is 0.206. The monoisotopic (exact) mass is 629 g/mol. The molecule has 0 unspecified atom stereocenters. The number of nitrogens with one attached hydrogen (secondary N) is 1. The smallest absolute Gasteiger partial charge is 0.264 e. The molecule has 2 amide bonds. The fourth-order valence-corrected chi connectivity index (χ4v) is 5.97. The number of benzene rings is 4. The van der Waals surface area contributed by atoms with Crippen molar-refractivity contribution in [2.24, 2.45) is 0 Å². The highest BCUT2D eigenvalue weighted by molar-refractivity contribution is 7.92. The van der Waals surface area contributed by atoms with E-state index in [0.29, 0.717) is 17.2 Å². The number of hydrogen-bond donors (Lipinski definition) is 1. The Bertz CT molecular complexity index is 1670. The molecule has 0 spiro atoms. The number of anilines is 1. The fourth-order valence-electron chi connectivity index (χ4n) is 4.54. The molecule has 4 rings (SSSR count). The van der Waals surface area contributed by atoms with Gasteiger partial charge in [-0.25, -0.2) is 8.42 Å². The van der Waals surface area contributed by atoms with Gasteiger partial charge in [0.15, 0.2) is 0 Å². The first-order valence-electron chi connectivity index (χ1n) is 14.5. The van der Waals surface area contributed by atoms with Gasteiger partial charge in [-0.2, -0.15) is 0 Å². The largest absolute Gasteiger partial charge is 0.497 e. The zero-order valence-electron chi connectivity index (χ0n) is 26.1. The Balaban J connectivity index is 1.69. The highest BCUT2D eigenvalue weighted by Crippen LogP contribution is 2.28. The van der Waals surface area contributed by atoms with Gasteiger partial charge in [-0.05, 0) is 93.9 Å². The highest BCUT2D eigenvalue weighted by Gasteiger charge is 2.33. The van der Waals surface area contributed by atoms with Crippen LogP contribution in [0.15, 0.2) is 114 Å². The van der Waals surface area contributed by atoms with E-state index in [1.54, 1.807) is 80.8 Å². The minimum absolute atomic E-state index is 0.0302. The van der Waals surface area contributed by atoms with E-state index in [-0.39, 0.29) is 23.0 Å². The highest BCUT2D eigenvalue weighted by atomic mass is 32.2. The Labute approximate surface area is 265 Å². The molecule has 0 saturated heterocycles. The van der Waals surface area contributed by atoms with Crippen molar-refractivity contribution in [3.8, 4) is 17.2 Å². The van der Waals surface area contributed by atoms with Crippen LogP contribution < -0.4 is 19.1 Å². The van der Waals surface area contributed by atoms with E-state index in [1.807, 2.05) is 51.1 Å². The second-order valence-corrected chi connectivity index (χ2v) is 13.4. The van der Waals surface area contributed by atoms with Crippen LogP contribution in [0.4, 0.5) is 5.69 Å². The van der Waals surface area contributed by atoms with Gasteiger partial charge in [0.2, 0.25) is 11.8 Å². The van der Waals surface area contributed by atoms with Crippen LogP contribution >= 0.6 is 0 Å². The van der Waals surface area contributed by atoms with Crippen molar-refractivity contribution in [1.29, 1.82) is 0 Å². The average molecular weight is 630 g/mol. The number of rotatable bonds is 12. The van der Waals surface area contributed by atoms with E-state index in [9.17, 15) is 18.0 Å². The van der Waals surface area contributed by atoms with Crippen LogP contribution in [0, 0.1) is 0 Å². The first-order chi connectivity index (χ1) is 21.4. The van der Waals surface area contributed by atoms with Gasteiger partial charge in [0.25, 0.3) is 10.0 Å². The molecular weight excluding hydrogens is 590 g/mol. The van der Waals surface area contributed by atoms with E-state index >= 15 is 0 Å². The van der Waals surface area contributed by atoms with E-state index in [4.69, 9.17) is 9.47 Å². The minimum Gasteiger partial charge on any atom is -0.497 e. The fraction of sp³-hybridized carbons (Fsp3) is 0.257. The van der Waals surface area contributed by atoms with Crippen molar-refractivity contribution in [2.45, 2.75) is 50.7 Å².